The first-order valence-corrected chi connectivity index (χ1v) is 8.80. The van der Waals surface area contributed by atoms with Crippen LogP contribution in [0.1, 0.15) is 19.8 Å². The number of carbonyl (C=O) groups excluding carboxylic acids is 2. The van der Waals surface area contributed by atoms with E-state index < -0.39 is 70.2 Å². The van der Waals surface area contributed by atoms with Crippen LogP contribution in [0.4, 0.5) is 30.7 Å². The van der Waals surface area contributed by atoms with E-state index in [1.807, 2.05) is 0 Å². The van der Waals surface area contributed by atoms with Crippen molar-refractivity contribution < 1.29 is 67.5 Å². The molecule has 0 aliphatic carbocycles. The Kier molecular flexibility index (Phi) is 8.62. The van der Waals surface area contributed by atoms with E-state index in [1.165, 1.54) is 0 Å². The van der Waals surface area contributed by atoms with E-state index in [1.54, 1.807) is 0 Å². The van der Waals surface area contributed by atoms with Crippen LogP contribution in [0.15, 0.2) is 25.0 Å². The van der Waals surface area contributed by atoms with Gasteiger partial charge in [-0.25, -0.2) is 18.0 Å². The van der Waals surface area contributed by atoms with Crippen LogP contribution in [0.25, 0.3) is 0 Å². The summed E-state index contributed by atoms with van der Waals surface area (Å²) >= 11 is 0. The number of halogens is 7. The minimum absolute atomic E-state index is 0.189. The van der Waals surface area contributed by atoms with E-state index in [9.17, 15) is 53.3 Å². The maximum absolute atomic E-state index is 13.4. The maximum Gasteiger partial charge on any atom is 0.468 e. The van der Waals surface area contributed by atoms with Crippen molar-refractivity contribution in [2.45, 2.75) is 42.9 Å². The summed E-state index contributed by atoms with van der Waals surface area (Å²) < 4.78 is 136. The lowest BCUT2D eigenvalue weighted by Gasteiger charge is -2.32. The molecule has 1 atom stereocenters. The lowest BCUT2D eigenvalue weighted by molar-refractivity contribution is -0.353. The molecule has 0 radical (unpaired) electrons. The lowest BCUT2D eigenvalue weighted by Crippen LogP contribution is -2.58. The molecule has 0 fully saturated rings. The van der Waals surface area contributed by atoms with Crippen LogP contribution in [-0.4, -0.2) is 54.7 Å². The van der Waals surface area contributed by atoms with Gasteiger partial charge in [0.05, 0.1) is 12.9 Å². The van der Waals surface area contributed by atoms with Crippen LogP contribution >= 0.6 is 0 Å². The average molecular weight is 475 g/mol. The third kappa shape index (κ3) is 5.91. The summed E-state index contributed by atoms with van der Waals surface area (Å²) in [6.07, 6.45) is -9.26. The van der Waals surface area contributed by atoms with Gasteiger partial charge in [0.15, 0.2) is 10.1 Å². The molecule has 1 unspecified atom stereocenters. The molecule has 0 aliphatic heterocycles. The van der Waals surface area contributed by atoms with Gasteiger partial charge in [0.25, 0.3) is 0 Å². The summed E-state index contributed by atoms with van der Waals surface area (Å²) in [6.45, 7) is 5.05. The van der Waals surface area contributed by atoms with Crippen LogP contribution in [0.3, 0.4) is 0 Å². The van der Waals surface area contributed by atoms with E-state index in [0.717, 1.165) is 6.92 Å². The van der Waals surface area contributed by atoms with Gasteiger partial charge in [-0.3, -0.25) is 0 Å². The van der Waals surface area contributed by atoms with Crippen molar-refractivity contribution >= 4 is 22.1 Å². The number of ether oxygens (including phenoxy) is 3. The molecule has 0 aliphatic rings. The van der Waals surface area contributed by atoms with Crippen molar-refractivity contribution in [3.8, 4) is 0 Å². The minimum atomic E-state index is -6.81. The molecule has 174 valence electrons. The number of carbonyl (C=O) groups is 2. The Labute approximate surface area is 165 Å². The molecule has 0 saturated carbocycles. The first-order chi connectivity index (χ1) is 13.3. The van der Waals surface area contributed by atoms with Crippen LogP contribution in [-0.2, 0) is 33.9 Å². The topological polar surface area (TPSA) is 119 Å². The zero-order valence-electron chi connectivity index (χ0n) is 14.9. The molecule has 0 aromatic rings. The van der Waals surface area contributed by atoms with E-state index in [2.05, 4.69) is 27.4 Å². The normalized spacial score (nSPS) is 15.1. The second-order valence-electron chi connectivity index (χ2n) is 5.48. The zero-order chi connectivity index (χ0) is 24.2. The van der Waals surface area contributed by atoms with Gasteiger partial charge in [0, 0.05) is 12.0 Å². The molecular formula is C14H14F7O8S-. The first-order valence-electron chi connectivity index (χ1n) is 7.39. The van der Waals surface area contributed by atoms with Gasteiger partial charge in [-0.2, -0.15) is 30.7 Å². The summed E-state index contributed by atoms with van der Waals surface area (Å²) in [5.41, 5.74) is -0.648. The number of esters is 2. The Morgan fingerprint density at radius 3 is 1.97 bits per heavy atom. The van der Waals surface area contributed by atoms with Crippen molar-refractivity contribution in [2.75, 3.05) is 6.61 Å². The van der Waals surface area contributed by atoms with Crippen LogP contribution in [0, 0.1) is 0 Å². The van der Waals surface area contributed by atoms with E-state index in [0.29, 0.717) is 0 Å². The van der Waals surface area contributed by atoms with Gasteiger partial charge >= 0.3 is 35.1 Å². The highest BCUT2D eigenvalue weighted by Crippen LogP contribution is 2.42. The molecule has 0 saturated heterocycles. The zero-order valence-corrected chi connectivity index (χ0v) is 15.7. The van der Waals surface area contributed by atoms with Crippen molar-refractivity contribution in [1.29, 1.82) is 0 Å². The minimum Gasteiger partial charge on any atom is -0.743 e. The molecule has 0 rings (SSSR count). The molecular weight excluding hydrogens is 461 g/mol. The Morgan fingerprint density at radius 2 is 1.60 bits per heavy atom. The van der Waals surface area contributed by atoms with Gasteiger partial charge < -0.3 is 18.8 Å². The summed E-state index contributed by atoms with van der Waals surface area (Å²) in [5.74, 6) is -14.2. The molecule has 0 aromatic heterocycles. The molecule has 8 nitrogen and oxygen atoms in total. The fourth-order valence-corrected chi connectivity index (χ4v) is 2.06. The van der Waals surface area contributed by atoms with Crippen LogP contribution in [0.2, 0.25) is 0 Å². The van der Waals surface area contributed by atoms with Gasteiger partial charge in [0.2, 0.25) is 0 Å². The highest BCUT2D eigenvalue weighted by molar-refractivity contribution is 7.86. The fraction of sp³-hybridized carbons (Fsp3) is 0.571. The molecule has 0 aromatic carbocycles. The van der Waals surface area contributed by atoms with Crippen molar-refractivity contribution in [2.24, 2.45) is 0 Å². The van der Waals surface area contributed by atoms with Gasteiger partial charge in [-0.15, -0.1) is 0 Å². The predicted octanol–water partition coefficient (Wildman–Crippen LogP) is 2.62. The fourth-order valence-electron chi connectivity index (χ4n) is 1.59. The summed E-state index contributed by atoms with van der Waals surface area (Å²) in [7, 11) is -6.81. The molecule has 0 spiro atoms. The van der Waals surface area contributed by atoms with Gasteiger partial charge in [-0.1, -0.05) is 13.2 Å². The lowest BCUT2D eigenvalue weighted by atomic mass is 10.2. The van der Waals surface area contributed by atoms with Crippen LogP contribution in [0.5, 0.6) is 0 Å². The largest absolute Gasteiger partial charge is 0.743 e. The van der Waals surface area contributed by atoms with Crippen LogP contribution < -0.4 is 0 Å². The quantitative estimate of drug-likeness (QED) is 0.0851. The summed E-state index contributed by atoms with van der Waals surface area (Å²) in [4.78, 5) is 23.2. The summed E-state index contributed by atoms with van der Waals surface area (Å²) in [5, 5.41) is -6.07. The van der Waals surface area contributed by atoms with Crippen molar-refractivity contribution in [3.63, 3.8) is 0 Å². The smallest absolute Gasteiger partial charge is 0.468 e. The van der Waals surface area contributed by atoms with E-state index in [4.69, 9.17) is 0 Å². The van der Waals surface area contributed by atoms with Crippen molar-refractivity contribution in [1.82, 2.24) is 0 Å². The third-order valence-corrected chi connectivity index (χ3v) is 4.02. The number of hydrogen-bond acceptors (Lipinski definition) is 8. The highest BCUT2D eigenvalue weighted by atomic mass is 32.2. The maximum atomic E-state index is 13.4. The third-order valence-electron chi connectivity index (χ3n) is 3.10. The molecule has 0 bridgehead atoms. The van der Waals surface area contributed by atoms with E-state index >= 15 is 0 Å². The summed E-state index contributed by atoms with van der Waals surface area (Å²) in [6, 6.07) is 0. The molecule has 16 heteroatoms. The number of rotatable bonds is 11. The Morgan fingerprint density at radius 1 is 1.10 bits per heavy atom. The Balaban J connectivity index is 5.69. The highest BCUT2D eigenvalue weighted by Gasteiger charge is 2.68. The average Bonchev–Trinajstić information content (AvgIpc) is 2.55. The standard InChI is InChI=1S/C14H15F7O8S/c1-4-27-10(23)12(13(17,18)19,29-9(22)8(2)3)28-7-5-6-11(15,16)14(20,21)30(24,25)26/h4H,1-2,5-7H2,3H3,(H,24,25,26)/p-1. The Hall–Kier alpha value is -2.20. The molecule has 0 heterocycles. The first kappa shape index (κ1) is 27.8. The monoisotopic (exact) mass is 475 g/mol. The number of hydrogen-bond donors (Lipinski definition) is 0. The molecule has 30 heavy (non-hydrogen) atoms. The van der Waals surface area contributed by atoms with Gasteiger partial charge in [0.1, 0.15) is 0 Å². The van der Waals surface area contributed by atoms with Crippen molar-refractivity contribution in [3.05, 3.63) is 25.0 Å². The predicted molar refractivity (Wildman–Crippen MR) is 80.8 cm³/mol. The van der Waals surface area contributed by atoms with Gasteiger partial charge in [-0.05, 0) is 13.3 Å². The number of alkyl halides is 7. The molecule has 0 amide bonds. The second-order valence-corrected chi connectivity index (χ2v) is 6.90. The SMILES string of the molecule is C=COC(=O)C(OCCCC(F)(F)C(F)(F)S(=O)(=O)[O-])(OC(=O)C(=C)C)C(F)(F)F. The second kappa shape index (κ2) is 9.30. The molecule has 0 N–H and O–H groups in total. The van der Waals surface area contributed by atoms with E-state index in [-0.39, 0.29) is 6.26 Å². The Bertz CT molecular complexity index is 791.